The molecule has 100 valence electrons. The number of nitrogens with zero attached hydrogens (tertiary/aromatic N) is 1. The standard InChI is InChI=1S/C16H20N2O/c17-12-15(16(19)8-10-18-11-9-16)7-3-5-13-4-1-2-6-14(13)15/h1-2,4,6,18-19H,3,5,7-11H2. The maximum absolute atomic E-state index is 11.1. The van der Waals surface area contributed by atoms with Crippen LogP contribution in [0.5, 0.6) is 0 Å². The Morgan fingerprint density at radius 2 is 1.89 bits per heavy atom. The zero-order chi connectivity index (χ0) is 13.3. The molecule has 0 spiro atoms. The molecule has 0 saturated carbocycles. The lowest BCUT2D eigenvalue weighted by molar-refractivity contribution is -0.0483. The Hall–Kier alpha value is -1.37. The van der Waals surface area contributed by atoms with Gasteiger partial charge in [0.1, 0.15) is 5.41 Å². The maximum Gasteiger partial charge on any atom is 0.111 e. The van der Waals surface area contributed by atoms with Gasteiger partial charge in [0, 0.05) is 0 Å². The molecule has 1 heterocycles. The normalized spacial score (nSPS) is 29.3. The molecule has 3 rings (SSSR count). The number of fused-ring (bicyclic) bond motifs is 1. The van der Waals surface area contributed by atoms with Gasteiger partial charge in [-0.2, -0.15) is 5.26 Å². The van der Waals surface area contributed by atoms with Gasteiger partial charge < -0.3 is 10.4 Å². The number of piperidine rings is 1. The molecule has 19 heavy (non-hydrogen) atoms. The van der Waals surface area contributed by atoms with Crippen molar-refractivity contribution in [2.24, 2.45) is 0 Å². The molecule has 0 bridgehead atoms. The zero-order valence-electron chi connectivity index (χ0n) is 11.2. The second-order valence-corrected chi connectivity index (χ2v) is 5.81. The molecular formula is C16H20N2O. The van der Waals surface area contributed by atoms with E-state index in [0.717, 1.165) is 37.9 Å². The van der Waals surface area contributed by atoms with Crippen LogP contribution >= 0.6 is 0 Å². The molecule has 3 heteroatoms. The van der Waals surface area contributed by atoms with Gasteiger partial charge in [-0.1, -0.05) is 24.3 Å². The number of hydrogen-bond acceptors (Lipinski definition) is 3. The third kappa shape index (κ3) is 1.79. The number of aryl methyl sites for hydroxylation is 1. The number of nitriles is 1. The van der Waals surface area contributed by atoms with Crippen LogP contribution in [0, 0.1) is 11.3 Å². The first-order chi connectivity index (χ1) is 9.22. The minimum Gasteiger partial charge on any atom is -0.388 e. The van der Waals surface area contributed by atoms with E-state index >= 15 is 0 Å². The average molecular weight is 256 g/mol. The number of aliphatic hydroxyl groups is 1. The third-order valence-corrected chi connectivity index (χ3v) is 4.89. The van der Waals surface area contributed by atoms with Crippen molar-refractivity contribution >= 4 is 0 Å². The SMILES string of the molecule is N#CC1(C2(O)CCNCC2)CCCc2ccccc21. The highest BCUT2D eigenvalue weighted by molar-refractivity contribution is 5.45. The van der Waals surface area contributed by atoms with Crippen molar-refractivity contribution < 1.29 is 5.11 Å². The summed E-state index contributed by atoms with van der Waals surface area (Å²) in [5, 5.41) is 24.3. The maximum atomic E-state index is 11.1. The van der Waals surface area contributed by atoms with Gasteiger partial charge in [0.15, 0.2) is 0 Å². The van der Waals surface area contributed by atoms with E-state index in [1.807, 2.05) is 18.2 Å². The van der Waals surface area contributed by atoms with Crippen molar-refractivity contribution in [1.29, 1.82) is 5.26 Å². The molecule has 2 aliphatic rings. The molecule has 2 N–H and O–H groups in total. The molecular weight excluding hydrogens is 236 g/mol. The minimum absolute atomic E-state index is 0.662. The van der Waals surface area contributed by atoms with Crippen LogP contribution in [0.2, 0.25) is 0 Å². The van der Waals surface area contributed by atoms with Crippen molar-refractivity contribution in [1.82, 2.24) is 5.32 Å². The Bertz CT molecular complexity index is 514. The summed E-state index contributed by atoms with van der Waals surface area (Å²) in [5.74, 6) is 0. The molecule has 0 radical (unpaired) electrons. The van der Waals surface area contributed by atoms with Crippen LogP contribution in [0.3, 0.4) is 0 Å². The van der Waals surface area contributed by atoms with Crippen LogP contribution in [-0.4, -0.2) is 23.8 Å². The van der Waals surface area contributed by atoms with Crippen molar-refractivity contribution in [3.63, 3.8) is 0 Å². The van der Waals surface area contributed by atoms with Crippen LogP contribution in [0.15, 0.2) is 24.3 Å². The second kappa shape index (κ2) is 4.63. The third-order valence-electron chi connectivity index (χ3n) is 4.89. The summed E-state index contributed by atoms with van der Waals surface area (Å²) in [6, 6.07) is 10.7. The highest BCUT2D eigenvalue weighted by atomic mass is 16.3. The summed E-state index contributed by atoms with van der Waals surface area (Å²) >= 11 is 0. The van der Waals surface area contributed by atoms with Crippen molar-refractivity contribution in [3.05, 3.63) is 35.4 Å². The van der Waals surface area contributed by atoms with Gasteiger partial charge in [-0.3, -0.25) is 0 Å². The van der Waals surface area contributed by atoms with Gasteiger partial charge in [-0.05, 0) is 56.3 Å². The van der Waals surface area contributed by atoms with Crippen molar-refractivity contribution in [2.45, 2.75) is 43.1 Å². The fourth-order valence-electron chi connectivity index (χ4n) is 3.80. The number of rotatable bonds is 1. The molecule has 1 unspecified atom stereocenters. The van der Waals surface area contributed by atoms with E-state index in [2.05, 4.69) is 17.5 Å². The molecule has 1 aromatic rings. The highest BCUT2D eigenvalue weighted by Gasteiger charge is 2.53. The van der Waals surface area contributed by atoms with E-state index < -0.39 is 11.0 Å². The molecule has 1 aliphatic heterocycles. The average Bonchev–Trinajstić information content (AvgIpc) is 2.47. The number of benzene rings is 1. The molecule has 1 saturated heterocycles. The van der Waals surface area contributed by atoms with Crippen LogP contribution in [0.4, 0.5) is 0 Å². The molecule has 0 amide bonds. The number of hydrogen-bond donors (Lipinski definition) is 2. The first-order valence-corrected chi connectivity index (χ1v) is 7.15. The molecule has 1 aromatic carbocycles. The Balaban J connectivity index is 2.12. The summed E-state index contributed by atoms with van der Waals surface area (Å²) in [5.41, 5.74) is 0.698. The van der Waals surface area contributed by atoms with Gasteiger partial charge in [0.05, 0.1) is 11.7 Å². The minimum atomic E-state index is -0.885. The summed E-state index contributed by atoms with van der Waals surface area (Å²) < 4.78 is 0. The topological polar surface area (TPSA) is 56.0 Å². The van der Waals surface area contributed by atoms with Crippen LogP contribution < -0.4 is 5.32 Å². The molecule has 1 atom stereocenters. The molecule has 0 aromatic heterocycles. The van der Waals surface area contributed by atoms with E-state index in [1.54, 1.807) is 0 Å². The monoisotopic (exact) mass is 256 g/mol. The van der Waals surface area contributed by atoms with Crippen LogP contribution in [0.1, 0.15) is 36.8 Å². The predicted octanol–water partition coefficient (Wildman–Crippen LogP) is 1.90. The quantitative estimate of drug-likeness (QED) is 0.807. The van der Waals surface area contributed by atoms with Gasteiger partial charge >= 0.3 is 0 Å². The van der Waals surface area contributed by atoms with E-state index in [0.29, 0.717) is 12.8 Å². The van der Waals surface area contributed by atoms with Crippen molar-refractivity contribution in [3.8, 4) is 6.07 Å². The lowest BCUT2D eigenvalue weighted by Gasteiger charge is -2.48. The van der Waals surface area contributed by atoms with Gasteiger partial charge in [-0.15, -0.1) is 0 Å². The molecule has 1 fully saturated rings. The summed E-state index contributed by atoms with van der Waals surface area (Å²) in [4.78, 5) is 0. The smallest absolute Gasteiger partial charge is 0.111 e. The number of nitrogens with one attached hydrogen (secondary N) is 1. The Morgan fingerprint density at radius 3 is 2.63 bits per heavy atom. The largest absolute Gasteiger partial charge is 0.388 e. The summed E-state index contributed by atoms with van der Waals surface area (Å²) in [7, 11) is 0. The first kappa shape index (κ1) is 12.7. The Kier molecular flexibility index (Phi) is 3.08. The summed E-state index contributed by atoms with van der Waals surface area (Å²) in [6.07, 6.45) is 4.11. The lowest BCUT2D eigenvalue weighted by Crippen LogP contribution is -2.57. The van der Waals surface area contributed by atoms with E-state index in [1.165, 1.54) is 5.56 Å². The Morgan fingerprint density at radius 1 is 1.16 bits per heavy atom. The van der Waals surface area contributed by atoms with Gasteiger partial charge in [-0.25, -0.2) is 0 Å². The molecule has 1 aliphatic carbocycles. The predicted molar refractivity (Wildman–Crippen MR) is 73.7 cm³/mol. The molecule has 3 nitrogen and oxygen atoms in total. The first-order valence-electron chi connectivity index (χ1n) is 7.15. The fraction of sp³-hybridized carbons (Fsp3) is 0.562. The van der Waals surface area contributed by atoms with Crippen molar-refractivity contribution in [2.75, 3.05) is 13.1 Å². The van der Waals surface area contributed by atoms with Crippen LogP contribution in [0.25, 0.3) is 0 Å². The van der Waals surface area contributed by atoms with Gasteiger partial charge in [0.2, 0.25) is 0 Å². The van der Waals surface area contributed by atoms with E-state index in [9.17, 15) is 10.4 Å². The van der Waals surface area contributed by atoms with Crippen LogP contribution in [-0.2, 0) is 11.8 Å². The lowest BCUT2D eigenvalue weighted by atomic mass is 9.59. The summed E-state index contributed by atoms with van der Waals surface area (Å²) in [6.45, 7) is 1.59. The zero-order valence-corrected chi connectivity index (χ0v) is 11.2. The van der Waals surface area contributed by atoms with E-state index in [-0.39, 0.29) is 0 Å². The Labute approximate surface area is 114 Å². The second-order valence-electron chi connectivity index (χ2n) is 5.81. The highest BCUT2D eigenvalue weighted by Crippen LogP contribution is 2.48. The van der Waals surface area contributed by atoms with Gasteiger partial charge in [0.25, 0.3) is 0 Å². The van der Waals surface area contributed by atoms with E-state index in [4.69, 9.17) is 0 Å². The fourth-order valence-corrected chi connectivity index (χ4v) is 3.80.